The number of nitrogens with two attached hydrogens (primary N) is 1. The highest BCUT2D eigenvalue weighted by atomic mass is 16.1. The van der Waals surface area contributed by atoms with E-state index >= 15 is 0 Å². The van der Waals surface area contributed by atoms with Gasteiger partial charge in [0.1, 0.15) is 0 Å². The number of benzene rings is 2. The SMILES string of the molecule is Cc1cccc2[nH]c(=O)n(-c3cccc(N)c3)c12. The van der Waals surface area contributed by atoms with Crippen molar-refractivity contribution in [3.05, 3.63) is 58.5 Å². The van der Waals surface area contributed by atoms with Crippen molar-refractivity contribution in [3.8, 4) is 5.69 Å². The van der Waals surface area contributed by atoms with Crippen LogP contribution in [-0.4, -0.2) is 9.55 Å². The molecule has 0 aliphatic carbocycles. The van der Waals surface area contributed by atoms with Gasteiger partial charge < -0.3 is 10.7 Å². The minimum Gasteiger partial charge on any atom is -0.399 e. The van der Waals surface area contributed by atoms with Gasteiger partial charge in [0.25, 0.3) is 0 Å². The van der Waals surface area contributed by atoms with Crippen molar-refractivity contribution in [3.63, 3.8) is 0 Å². The van der Waals surface area contributed by atoms with E-state index in [-0.39, 0.29) is 5.69 Å². The fourth-order valence-electron chi connectivity index (χ4n) is 2.24. The molecule has 4 heteroatoms. The molecule has 0 saturated carbocycles. The van der Waals surface area contributed by atoms with Gasteiger partial charge in [-0.05, 0) is 36.8 Å². The van der Waals surface area contributed by atoms with Crippen LogP contribution in [0.1, 0.15) is 5.56 Å². The largest absolute Gasteiger partial charge is 0.399 e. The van der Waals surface area contributed by atoms with Crippen molar-refractivity contribution in [1.29, 1.82) is 0 Å². The summed E-state index contributed by atoms with van der Waals surface area (Å²) in [4.78, 5) is 14.9. The minimum absolute atomic E-state index is 0.148. The Hall–Kier alpha value is -2.49. The summed E-state index contributed by atoms with van der Waals surface area (Å²) < 4.78 is 1.65. The maximum Gasteiger partial charge on any atom is 0.331 e. The fourth-order valence-corrected chi connectivity index (χ4v) is 2.24. The number of aromatic nitrogens is 2. The van der Waals surface area contributed by atoms with E-state index in [2.05, 4.69) is 4.98 Å². The molecule has 1 aromatic heterocycles. The van der Waals surface area contributed by atoms with Gasteiger partial charge in [0.05, 0.1) is 16.7 Å². The van der Waals surface area contributed by atoms with Gasteiger partial charge in [-0.3, -0.25) is 4.57 Å². The predicted octanol–water partition coefficient (Wildman–Crippen LogP) is 2.21. The van der Waals surface area contributed by atoms with E-state index < -0.39 is 0 Å². The first-order chi connectivity index (χ1) is 8.66. The molecule has 90 valence electrons. The van der Waals surface area contributed by atoms with E-state index in [1.807, 2.05) is 37.3 Å². The lowest BCUT2D eigenvalue weighted by atomic mass is 10.2. The molecule has 0 amide bonds. The van der Waals surface area contributed by atoms with E-state index in [0.29, 0.717) is 5.69 Å². The molecule has 0 aliphatic heterocycles. The lowest BCUT2D eigenvalue weighted by molar-refractivity contribution is 1.01. The van der Waals surface area contributed by atoms with Crippen LogP contribution < -0.4 is 11.4 Å². The molecule has 0 spiro atoms. The second kappa shape index (κ2) is 3.77. The van der Waals surface area contributed by atoms with Gasteiger partial charge in [-0.2, -0.15) is 0 Å². The topological polar surface area (TPSA) is 63.8 Å². The Labute approximate surface area is 104 Å². The Morgan fingerprint density at radius 3 is 2.72 bits per heavy atom. The number of anilines is 1. The van der Waals surface area contributed by atoms with Gasteiger partial charge in [0.2, 0.25) is 0 Å². The number of rotatable bonds is 1. The summed E-state index contributed by atoms with van der Waals surface area (Å²) >= 11 is 0. The number of aryl methyl sites for hydroxylation is 1. The number of nitrogens with one attached hydrogen (secondary N) is 1. The van der Waals surface area contributed by atoms with E-state index in [1.165, 1.54) is 0 Å². The number of fused-ring (bicyclic) bond motifs is 1. The summed E-state index contributed by atoms with van der Waals surface area (Å²) in [5.74, 6) is 0. The van der Waals surface area contributed by atoms with Crippen molar-refractivity contribution in [1.82, 2.24) is 9.55 Å². The summed E-state index contributed by atoms with van der Waals surface area (Å²) in [5.41, 5.74) is 9.82. The first kappa shape index (κ1) is 10.7. The van der Waals surface area contributed by atoms with Gasteiger partial charge in [-0.25, -0.2) is 4.79 Å². The van der Waals surface area contributed by atoms with E-state index in [1.54, 1.807) is 16.7 Å². The Kier molecular flexibility index (Phi) is 2.23. The number of nitrogen functional groups attached to an aromatic ring is 1. The van der Waals surface area contributed by atoms with Crippen LogP contribution in [0.4, 0.5) is 5.69 Å². The predicted molar refractivity (Wildman–Crippen MR) is 73.0 cm³/mol. The first-order valence-corrected chi connectivity index (χ1v) is 5.73. The van der Waals surface area contributed by atoms with Gasteiger partial charge in [-0.1, -0.05) is 18.2 Å². The maximum absolute atomic E-state index is 12.1. The maximum atomic E-state index is 12.1. The van der Waals surface area contributed by atoms with Gasteiger partial charge in [0.15, 0.2) is 0 Å². The molecule has 4 nitrogen and oxygen atoms in total. The third-order valence-electron chi connectivity index (χ3n) is 3.03. The first-order valence-electron chi connectivity index (χ1n) is 5.73. The molecular weight excluding hydrogens is 226 g/mol. The van der Waals surface area contributed by atoms with E-state index in [0.717, 1.165) is 22.3 Å². The van der Waals surface area contributed by atoms with Crippen molar-refractivity contribution < 1.29 is 0 Å². The average Bonchev–Trinajstić information content (AvgIpc) is 2.67. The smallest absolute Gasteiger partial charge is 0.331 e. The van der Waals surface area contributed by atoms with Gasteiger partial charge in [0, 0.05) is 5.69 Å². The standard InChI is InChI=1S/C14H13N3O/c1-9-4-2-7-12-13(9)17(14(18)16-12)11-6-3-5-10(15)8-11/h2-8H,15H2,1H3,(H,16,18). The third kappa shape index (κ3) is 1.50. The van der Waals surface area contributed by atoms with Crippen LogP contribution in [0, 0.1) is 6.92 Å². The van der Waals surface area contributed by atoms with Gasteiger partial charge in [-0.15, -0.1) is 0 Å². The molecule has 0 bridgehead atoms. The van der Waals surface area contributed by atoms with Gasteiger partial charge >= 0.3 is 5.69 Å². The van der Waals surface area contributed by atoms with E-state index in [9.17, 15) is 4.79 Å². The Morgan fingerprint density at radius 1 is 1.17 bits per heavy atom. The molecule has 1 heterocycles. The zero-order valence-corrected chi connectivity index (χ0v) is 9.97. The van der Waals surface area contributed by atoms with Crippen molar-refractivity contribution in [2.75, 3.05) is 5.73 Å². The number of hydrogen-bond donors (Lipinski definition) is 2. The highest BCUT2D eigenvalue weighted by Crippen LogP contribution is 2.20. The lowest BCUT2D eigenvalue weighted by Crippen LogP contribution is -2.15. The van der Waals surface area contributed by atoms with Crippen molar-refractivity contribution in [2.45, 2.75) is 6.92 Å². The number of imidazole rings is 1. The molecule has 0 unspecified atom stereocenters. The molecule has 0 fully saturated rings. The van der Waals surface area contributed by atoms with Crippen LogP contribution in [0.3, 0.4) is 0 Å². The molecule has 0 atom stereocenters. The second-order valence-corrected chi connectivity index (χ2v) is 4.33. The quantitative estimate of drug-likeness (QED) is 0.639. The number of aromatic amines is 1. The monoisotopic (exact) mass is 239 g/mol. The number of nitrogens with zero attached hydrogens (tertiary/aromatic N) is 1. The summed E-state index contributed by atoms with van der Waals surface area (Å²) in [6, 6.07) is 13.1. The van der Waals surface area contributed by atoms with Crippen LogP contribution in [-0.2, 0) is 0 Å². The Bertz CT molecular complexity index is 783. The summed E-state index contributed by atoms with van der Waals surface area (Å²) in [6.07, 6.45) is 0. The third-order valence-corrected chi connectivity index (χ3v) is 3.03. The highest BCUT2D eigenvalue weighted by molar-refractivity contribution is 5.80. The van der Waals surface area contributed by atoms with Crippen LogP contribution in [0.5, 0.6) is 0 Å². The average molecular weight is 239 g/mol. The Balaban J connectivity index is 2.42. The molecule has 0 radical (unpaired) electrons. The Morgan fingerprint density at radius 2 is 1.94 bits per heavy atom. The molecule has 3 N–H and O–H groups in total. The normalized spacial score (nSPS) is 10.9. The number of hydrogen-bond acceptors (Lipinski definition) is 2. The fraction of sp³-hybridized carbons (Fsp3) is 0.0714. The second-order valence-electron chi connectivity index (χ2n) is 4.33. The summed E-state index contributed by atoms with van der Waals surface area (Å²) in [5, 5.41) is 0. The molecular formula is C14H13N3O. The van der Waals surface area contributed by atoms with Crippen LogP contribution in [0.25, 0.3) is 16.7 Å². The van der Waals surface area contributed by atoms with Crippen LogP contribution >= 0.6 is 0 Å². The number of para-hydroxylation sites is 1. The molecule has 0 aliphatic rings. The van der Waals surface area contributed by atoms with Crippen molar-refractivity contribution >= 4 is 16.7 Å². The lowest BCUT2D eigenvalue weighted by Gasteiger charge is -2.06. The van der Waals surface area contributed by atoms with Crippen LogP contribution in [0.15, 0.2) is 47.3 Å². The molecule has 3 aromatic rings. The molecule has 3 rings (SSSR count). The van der Waals surface area contributed by atoms with Crippen LogP contribution in [0.2, 0.25) is 0 Å². The zero-order chi connectivity index (χ0) is 12.7. The van der Waals surface area contributed by atoms with E-state index in [4.69, 9.17) is 5.73 Å². The highest BCUT2D eigenvalue weighted by Gasteiger charge is 2.10. The number of H-pyrrole nitrogens is 1. The zero-order valence-electron chi connectivity index (χ0n) is 9.97. The summed E-state index contributed by atoms with van der Waals surface area (Å²) in [6.45, 7) is 1.98. The summed E-state index contributed by atoms with van der Waals surface area (Å²) in [7, 11) is 0. The molecule has 18 heavy (non-hydrogen) atoms. The molecule has 0 saturated heterocycles. The van der Waals surface area contributed by atoms with Crippen molar-refractivity contribution in [2.24, 2.45) is 0 Å². The molecule has 2 aromatic carbocycles. The minimum atomic E-state index is -0.148.